The van der Waals surface area contributed by atoms with Crippen LogP contribution < -0.4 is 4.90 Å². The number of benzene rings is 1. The topological polar surface area (TPSA) is 119 Å². The van der Waals surface area contributed by atoms with Gasteiger partial charge in [0, 0.05) is 19.0 Å². The SMILES string of the molecule is CC1=NC=C(c2ccc3c(c2)N(c2cncc(S(C)(=O)=O)n2)C(=O)C3(C)C)CN1[O-]. The minimum Gasteiger partial charge on any atom is -0.757 e. The molecule has 1 aromatic carbocycles. The van der Waals surface area contributed by atoms with Crippen molar-refractivity contribution in [1.82, 2.24) is 15.0 Å². The maximum Gasteiger partial charge on any atom is 0.242 e. The molecule has 0 saturated heterocycles. The van der Waals surface area contributed by atoms with Crippen LogP contribution >= 0.6 is 0 Å². The Morgan fingerprint density at radius 3 is 2.60 bits per heavy atom. The molecule has 10 heteroatoms. The molecule has 3 heterocycles. The highest BCUT2D eigenvalue weighted by Crippen LogP contribution is 2.45. The minimum absolute atomic E-state index is 0.129. The van der Waals surface area contributed by atoms with Gasteiger partial charge < -0.3 is 10.3 Å². The predicted molar refractivity (Wildman–Crippen MR) is 113 cm³/mol. The quantitative estimate of drug-likeness (QED) is 0.739. The third-order valence-electron chi connectivity index (χ3n) is 5.31. The first-order valence-corrected chi connectivity index (χ1v) is 11.1. The highest BCUT2D eigenvalue weighted by molar-refractivity contribution is 7.90. The van der Waals surface area contributed by atoms with Crippen LogP contribution in [0.3, 0.4) is 0 Å². The number of sulfone groups is 1. The van der Waals surface area contributed by atoms with Crippen LogP contribution in [0.25, 0.3) is 5.57 Å². The maximum absolute atomic E-state index is 13.2. The predicted octanol–water partition coefficient (Wildman–Crippen LogP) is 2.41. The van der Waals surface area contributed by atoms with Crippen LogP contribution in [0.5, 0.6) is 0 Å². The second-order valence-corrected chi connectivity index (χ2v) is 9.82. The van der Waals surface area contributed by atoms with Gasteiger partial charge in [-0.25, -0.2) is 18.4 Å². The molecule has 0 spiro atoms. The molecule has 1 amide bonds. The van der Waals surface area contributed by atoms with Gasteiger partial charge in [0.1, 0.15) is 0 Å². The zero-order valence-electron chi connectivity index (χ0n) is 16.9. The van der Waals surface area contributed by atoms with E-state index in [9.17, 15) is 18.4 Å². The van der Waals surface area contributed by atoms with Crippen LogP contribution in [0.15, 0.2) is 46.8 Å². The van der Waals surface area contributed by atoms with Crippen molar-refractivity contribution in [2.75, 3.05) is 17.7 Å². The largest absolute Gasteiger partial charge is 0.757 e. The Hall–Kier alpha value is -3.11. The number of amidine groups is 1. The van der Waals surface area contributed by atoms with Gasteiger partial charge in [-0.15, -0.1) is 0 Å². The molecule has 0 unspecified atom stereocenters. The summed E-state index contributed by atoms with van der Waals surface area (Å²) in [6.45, 7) is 5.39. The van der Waals surface area contributed by atoms with Gasteiger partial charge in [-0.1, -0.05) is 12.1 Å². The van der Waals surface area contributed by atoms with E-state index in [-0.39, 0.29) is 23.3 Å². The number of carbonyl (C=O) groups excluding carboxylic acids is 1. The summed E-state index contributed by atoms with van der Waals surface area (Å²) in [5, 5.41) is 12.6. The van der Waals surface area contributed by atoms with Gasteiger partial charge in [-0.05, 0) is 43.5 Å². The summed E-state index contributed by atoms with van der Waals surface area (Å²) in [7, 11) is -3.59. The number of nitrogens with zero attached hydrogens (tertiary/aromatic N) is 5. The summed E-state index contributed by atoms with van der Waals surface area (Å²) in [6, 6.07) is 5.50. The molecule has 4 rings (SSSR count). The van der Waals surface area contributed by atoms with Crippen LogP contribution in [-0.2, 0) is 20.0 Å². The number of hydrogen-bond donors (Lipinski definition) is 0. The average Bonchev–Trinajstić information content (AvgIpc) is 2.89. The first kappa shape index (κ1) is 20.2. The summed E-state index contributed by atoms with van der Waals surface area (Å²) in [6.07, 6.45) is 5.19. The van der Waals surface area contributed by atoms with E-state index in [4.69, 9.17) is 0 Å². The van der Waals surface area contributed by atoms with Crippen molar-refractivity contribution in [3.63, 3.8) is 0 Å². The van der Waals surface area contributed by atoms with Gasteiger partial charge in [0.15, 0.2) is 20.7 Å². The van der Waals surface area contributed by atoms with E-state index < -0.39 is 15.3 Å². The standard InChI is InChI=1S/C20H20N5O4S/c1-12-22-8-14(11-24(12)27)13-5-6-15-16(7-13)25(19(26)20(15,2)3)17-9-21-10-18(23-17)30(4,28)29/h5-10H,11H2,1-4H3/q-1. The van der Waals surface area contributed by atoms with E-state index in [1.165, 1.54) is 11.1 Å². The number of carbonyl (C=O) groups is 1. The number of aromatic nitrogens is 2. The third kappa shape index (κ3) is 3.17. The number of anilines is 2. The second-order valence-electron chi connectivity index (χ2n) is 7.85. The lowest BCUT2D eigenvalue weighted by Crippen LogP contribution is -2.33. The lowest BCUT2D eigenvalue weighted by Gasteiger charge is -2.33. The summed E-state index contributed by atoms with van der Waals surface area (Å²) >= 11 is 0. The van der Waals surface area contributed by atoms with Gasteiger partial charge in [0.25, 0.3) is 0 Å². The molecule has 0 atom stereocenters. The summed E-state index contributed by atoms with van der Waals surface area (Å²) in [4.78, 5) is 26.9. The number of fused-ring (bicyclic) bond motifs is 1. The van der Waals surface area contributed by atoms with E-state index in [1.54, 1.807) is 33.0 Å². The molecule has 0 N–H and O–H groups in total. The molecule has 30 heavy (non-hydrogen) atoms. The molecule has 0 saturated carbocycles. The Labute approximate surface area is 174 Å². The lowest BCUT2D eigenvalue weighted by molar-refractivity contribution is -0.121. The smallest absolute Gasteiger partial charge is 0.242 e. The van der Waals surface area contributed by atoms with Crippen molar-refractivity contribution >= 4 is 38.7 Å². The normalized spacial score (nSPS) is 18.2. The van der Waals surface area contributed by atoms with E-state index in [0.29, 0.717) is 17.1 Å². The Bertz CT molecular complexity index is 1230. The molecule has 2 aliphatic heterocycles. The molecule has 0 bridgehead atoms. The zero-order valence-corrected chi connectivity index (χ0v) is 17.8. The molecule has 0 fully saturated rings. The summed E-state index contributed by atoms with van der Waals surface area (Å²) < 4.78 is 23.8. The van der Waals surface area contributed by atoms with Gasteiger partial charge in [-0.3, -0.25) is 14.7 Å². The Morgan fingerprint density at radius 2 is 1.93 bits per heavy atom. The van der Waals surface area contributed by atoms with Crippen molar-refractivity contribution in [1.29, 1.82) is 0 Å². The van der Waals surface area contributed by atoms with Gasteiger partial charge in [-0.2, -0.15) is 0 Å². The first-order valence-electron chi connectivity index (χ1n) is 9.20. The molecule has 156 valence electrons. The molecular formula is C20H20N5O4S-. The molecule has 9 nitrogen and oxygen atoms in total. The van der Waals surface area contributed by atoms with Crippen LogP contribution in [0, 0.1) is 5.21 Å². The monoisotopic (exact) mass is 426 g/mol. The highest BCUT2D eigenvalue weighted by atomic mass is 32.2. The average molecular weight is 426 g/mol. The van der Waals surface area contributed by atoms with Crippen LogP contribution in [0.1, 0.15) is 31.9 Å². The van der Waals surface area contributed by atoms with E-state index in [2.05, 4.69) is 15.0 Å². The number of hydroxylamine groups is 2. The van der Waals surface area contributed by atoms with Crippen molar-refractivity contribution in [2.24, 2.45) is 4.99 Å². The molecule has 0 aliphatic carbocycles. The fourth-order valence-electron chi connectivity index (χ4n) is 3.51. The minimum atomic E-state index is -3.59. The van der Waals surface area contributed by atoms with E-state index in [0.717, 1.165) is 28.6 Å². The lowest BCUT2D eigenvalue weighted by atomic mass is 9.85. The summed E-state index contributed by atoms with van der Waals surface area (Å²) in [5.74, 6) is 0.265. The van der Waals surface area contributed by atoms with Crippen molar-refractivity contribution in [2.45, 2.75) is 31.2 Å². The maximum atomic E-state index is 13.2. The van der Waals surface area contributed by atoms with Crippen LogP contribution in [-0.4, -0.2) is 48.0 Å². The Morgan fingerprint density at radius 1 is 1.20 bits per heavy atom. The fourth-order valence-corrected chi connectivity index (χ4v) is 4.02. The van der Waals surface area contributed by atoms with Crippen molar-refractivity contribution in [3.8, 4) is 0 Å². The molecular weight excluding hydrogens is 406 g/mol. The van der Waals surface area contributed by atoms with Crippen LogP contribution in [0.2, 0.25) is 0 Å². The van der Waals surface area contributed by atoms with Gasteiger partial charge in [0.05, 0.1) is 29.3 Å². The molecule has 2 aromatic rings. The van der Waals surface area contributed by atoms with Crippen molar-refractivity contribution < 1.29 is 13.2 Å². The van der Waals surface area contributed by atoms with Crippen LogP contribution in [0.4, 0.5) is 11.5 Å². The van der Waals surface area contributed by atoms with E-state index >= 15 is 0 Å². The first-order chi connectivity index (χ1) is 14.0. The van der Waals surface area contributed by atoms with Crippen molar-refractivity contribution in [3.05, 3.63) is 53.1 Å². The zero-order chi connectivity index (χ0) is 21.8. The number of amides is 1. The molecule has 2 aliphatic rings. The fraction of sp³-hybridized carbons (Fsp3) is 0.300. The number of hydrogen-bond acceptors (Lipinski definition) is 8. The molecule has 0 radical (unpaired) electrons. The van der Waals surface area contributed by atoms with Gasteiger partial charge in [0.2, 0.25) is 5.91 Å². The Kier molecular flexibility index (Phi) is 4.51. The number of rotatable bonds is 3. The van der Waals surface area contributed by atoms with E-state index in [1.807, 2.05) is 12.1 Å². The second kappa shape index (κ2) is 6.71. The summed E-state index contributed by atoms with van der Waals surface area (Å²) in [5.41, 5.74) is 1.97. The number of aliphatic imine (C=N–C) groups is 1. The highest BCUT2D eigenvalue weighted by Gasteiger charge is 2.45. The molecule has 1 aromatic heterocycles. The third-order valence-corrected chi connectivity index (χ3v) is 6.27. The van der Waals surface area contributed by atoms with Gasteiger partial charge >= 0.3 is 0 Å². The Balaban J connectivity index is 1.86.